The maximum Gasteiger partial charge on any atom is 0.259 e. The van der Waals surface area contributed by atoms with Crippen molar-refractivity contribution < 1.29 is 24.2 Å². The average molecular weight is 567 g/mol. The summed E-state index contributed by atoms with van der Waals surface area (Å²) in [7, 11) is 0. The van der Waals surface area contributed by atoms with Crippen molar-refractivity contribution in [1.82, 2.24) is 0 Å². The summed E-state index contributed by atoms with van der Waals surface area (Å²) >= 11 is 0. The van der Waals surface area contributed by atoms with E-state index in [1.165, 1.54) is 6.07 Å². The third-order valence-corrected chi connectivity index (χ3v) is 6.64. The van der Waals surface area contributed by atoms with Gasteiger partial charge in [0.25, 0.3) is 11.8 Å². The van der Waals surface area contributed by atoms with Crippen LogP contribution in [0, 0.1) is 0 Å². The highest BCUT2D eigenvalue weighted by molar-refractivity contribution is 6.10. The Kier molecular flexibility index (Phi) is 7.69. The molecule has 0 heterocycles. The summed E-state index contributed by atoms with van der Waals surface area (Å²) in [4.78, 5) is 26.1. The number of carbonyl (C=O) groups is 2. The SMILES string of the molecule is O=C(Nc1ccc(Oc2ccccc2)cc1)c1ccc2cc(O)c(C(=O)Nc3ccc(Oc4ccccc4)cc3)cc2c1. The summed E-state index contributed by atoms with van der Waals surface area (Å²) in [6.45, 7) is 0. The number of phenolic OH excluding ortho intramolecular Hbond substituents is 1. The highest BCUT2D eigenvalue weighted by atomic mass is 16.5. The Hall–Kier alpha value is -6.08. The Bertz CT molecular complexity index is 1890. The Morgan fingerprint density at radius 3 is 1.51 bits per heavy atom. The Morgan fingerprint density at radius 2 is 0.977 bits per heavy atom. The van der Waals surface area contributed by atoms with Crippen LogP contribution in [0.3, 0.4) is 0 Å². The van der Waals surface area contributed by atoms with Crippen LogP contribution in [-0.4, -0.2) is 16.9 Å². The highest BCUT2D eigenvalue weighted by Gasteiger charge is 2.15. The van der Waals surface area contributed by atoms with Gasteiger partial charge in [0.1, 0.15) is 28.7 Å². The van der Waals surface area contributed by atoms with Crippen LogP contribution in [0.4, 0.5) is 11.4 Å². The zero-order valence-electron chi connectivity index (χ0n) is 22.9. The first kappa shape index (κ1) is 27.1. The van der Waals surface area contributed by atoms with Crippen molar-refractivity contribution >= 4 is 34.0 Å². The van der Waals surface area contributed by atoms with Gasteiger partial charge < -0.3 is 25.2 Å². The van der Waals surface area contributed by atoms with E-state index < -0.39 is 5.91 Å². The summed E-state index contributed by atoms with van der Waals surface area (Å²) in [6, 6.07) is 41.0. The number of anilines is 2. The van der Waals surface area contributed by atoms with Gasteiger partial charge in [0, 0.05) is 16.9 Å². The maximum atomic E-state index is 13.1. The number of amides is 2. The molecule has 43 heavy (non-hydrogen) atoms. The molecule has 0 saturated carbocycles. The molecule has 7 heteroatoms. The molecule has 6 aromatic carbocycles. The van der Waals surface area contributed by atoms with Crippen molar-refractivity contribution in [3.05, 3.63) is 151 Å². The fourth-order valence-corrected chi connectivity index (χ4v) is 4.47. The molecule has 0 atom stereocenters. The first-order valence-corrected chi connectivity index (χ1v) is 13.6. The van der Waals surface area contributed by atoms with Gasteiger partial charge in [-0.25, -0.2) is 0 Å². The lowest BCUT2D eigenvalue weighted by atomic mass is 10.0. The van der Waals surface area contributed by atoms with Crippen LogP contribution in [0.5, 0.6) is 28.7 Å². The second-order valence-electron chi connectivity index (χ2n) is 9.72. The van der Waals surface area contributed by atoms with Crippen LogP contribution >= 0.6 is 0 Å². The number of hydrogen-bond acceptors (Lipinski definition) is 5. The molecule has 0 aromatic heterocycles. The van der Waals surface area contributed by atoms with Crippen LogP contribution in [0.2, 0.25) is 0 Å². The minimum Gasteiger partial charge on any atom is -0.507 e. The van der Waals surface area contributed by atoms with Gasteiger partial charge in [0.05, 0.1) is 5.56 Å². The number of para-hydroxylation sites is 2. The van der Waals surface area contributed by atoms with Crippen LogP contribution in [0.1, 0.15) is 20.7 Å². The standard InChI is InChI=1S/C36H26N2O5/c39-34-23-24-11-12-25(35(40)37-27-13-17-31(18-14-27)42-29-7-3-1-4-8-29)21-26(24)22-33(34)36(41)38-28-15-19-32(20-16-28)43-30-9-5-2-6-10-30/h1-23,39H,(H,37,40)(H,38,41). The summed E-state index contributed by atoms with van der Waals surface area (Å²) in [5.41, 5.74) is 1.64. The van der Waals surface area contributed by atoms with E-state index in [2.05, 4.69) is 10.6 Å². The van der Waals surface area contributed by atoms with Gasteiger partial charge in [-0.15, -0.1) is 0 Å². The third kappa shape index (κ3) is 6.64. The Labute approximate surface area is 248 Å². The lowest BCUT2D eigenvalue weighted by molar-refractivity contribution is 0.101. The van der Waals surface area contributed by atoms with Gasteiger partial charge in [-0.05, 0) is 108 Å². The number of nitrogens with one attached hydrogen (secondary N) is 2. The zero-order chi connectivity index (χ0) is 29.6. The van der Waals surface area contributed by atoms with Crippen molar-refractivity contribution in [3.63, 3.8) is 0 Å². The topological polar surface area (TPSA) is 96.9 Å². The first-order chi connectivity index (χ1) is 21.0. The van der Waals surface area contributed by atoms with E-state index in [1.807, 2.05) is 60.7 Å². The molecule has 0 unspecified atom stereocenters. The van der Waals surface area contributed by atoms with Crippen molar-refractivity contribution in [3.8, 4) is 28.7 Å². The fraction of sp³-hybridized carbons (Fsp3) is 0. The van der Waals surface area contributed by atoms with Crippen LogP contribution in [0.15, 0.2) is 140 Å². The minimum atomic E-state index is -0.483. The minimum absolute atomic E-state index is 0.0867. The molecule has 210 valence electrons. The lowest BCUT2D eigenvalue weighted by Gasteiger charge is -2.11. The first-order valence-electron chi connectivity index (χ1n) is 13.6. The summed E-state index contributed by atoms with van der Waals surface area (Å²) in [5, 5.41) is 17.6. The molecule has 2 amide bonds. The van der Waals surface area contributed by atoms with E-state index in [-0.39, 0.29) is 17.2 Å². The van der Waals surface area contributed by atoms with E-state index in [9.17, 15) is 14.7 Å². The molecule has 0 fully saturated rings. The molecule has 0 saturated heterocycles. The summed E-state index contributed by atoms with van der Waals surface area (Å²) < 4.78 is 11.6. The Balaban J connectivity index is 1.13. The maximum absolute atomic E-state index is 13.1. The predicted octanol–water partition coefficient (Wildman–Crippen LogP) is 8.63. The lowest BCUT2D eigenvalue weighted by Crippen LogP contribution is -2.13. The molecule has 0 aliphatic carbocycles. The summed E-state index contributed by atoms with van der Waals surface area (Å²) in [5.74, 6) is 1.75. The normalized spacial score (nSPS) is 10.6. The number of fused-ring (bicyclic) bond motifs is 1. The van der Waals surface area contributed by atoms with Crippen molar-refractivity contribution in [2.24, 2.45) is 0 Å². The van der Waals surface area contributed by atoms with Crippen LogP contribution in [0.25, 0.3) is 10.8 Å². The van der Waals surface area contributed by atoms with Gasteiger partial charge in [0.2, 0.25) is 0 Å². The molecule has 0 aliphatic heterocycles. The number of phenols is 1. The van der Waals surface area contributed by atoms with E-state index in [0.717, 1.165) is 5.75 Å². The van der Waals surface area contributed by atoms with Crippen molar-refractivity contribution in [1.29, 1.82) is 0 Å². The fourth-order valence-electron chi connectivity index (χ4n) is 4.47. The second kappa shape index (κ2) is 12.2. The van der Waals surface area contributed by atoms with Gasteiger partial charge in [-0.1, -0.05) is 42.5 Å². The summed E-state index contributed by atoms with van der Waals surface area (Å²) in [6.07, 6.45) is 0. The van der Waals surface area contributed by atoms with Gasteiger partial charge in [0.15, 0.2) is 0 Å². The van der Waals surface area contributed by atoms with Crippen molar-refractivity contribution in [2.45, 2.75) is 0 Å². The number of benzene rings is 6. The predicted molar refractivity (Wildman–Crippen MR) is 167 cm³/mol. The zero-order valence-corrected chi connectivity index (χ0v) is 22.9. The molecule has 0 aliphatic rings. The number of ether oxygens (including phenoxy) is 2. The molecule has 0 bridgehead atoms. The molecular formula is C36H26N2O5. The van der Waals surface area contributed by atoms with Crippen LogP contribution in [-0.2, 0) is 0 Å². The molecule has 0 spiro atoms. The number of aromatic hydroxyl groups is 1. The highest BCUT2D eigenvalue weighted by Crippen LogP contribution is 2.29. The quantitative estimate of drug-likeness (QED) is 0.171. The second-order valence-corrected chi connectivity index (χ2v) is 9.72. The van der Waals surface area contributed by atoms with Crippen LogP contribution < -0.4 is 20.1 Å². The van der Waals surface area contributed by atoms with Gasteiger partial charge in [-0.2, -0.15) is 0 Å². The van der Waals surface area contributed by atoms with E-state index >= 15 is 0 Å². The molecule has 6 aromatic rings. The van der Waals surface area contributed by atoms with Gasteiger partial charge in [-0.3, -0.25) is 9.59 Å². The number of carbonyl (C=O) groups excluding carboxylic acids is 2. The van der Waals surface area contributed by atoms with E-state index in [0.29, 0.717) is 45.0 Å². The Morgan fingerprint density at radius 1 is 0.488 bits per heavy atom. The molecule has 3 N–H and O–H groups in total. The third-order valence-electron chi connectivity index (χ3n) is 6.64. The van der Waals surface area contributed by atoms with E-state index in [1.54, 1.807) is 72.8 Å². The van der Waals surface area contributed by atoms with E-state index in [4.69, 9.17) is 9.47 Å². The number of rotatable bonds is 8. The van der Waals surface area contributed by atoms with Crippen molar-refractivity contribution in [2.75, 3.05) is 10.6 Å². The van der Waals surface area contributed by atoms with Gasteiger partial charge >= 0.3 is 0 Å². The molecule has 7 nitrogen and oxygen atoms in total. The smallest absolute Gasteiger partial charge is 0.259 e. The molecular weight excluding hydrogens is 540 g/mol. The largest absolute Gasteiger partial charge is 0.507 e. The number of hydrogen-bond donors (Lipinski definition) is 3. The monoisotopic (exact) mass is 566 g/mol. The average Bonchev–Trinajstić information content (AvgIpc) is 3.03. The molecule has 0 radical (unpaired) electrons. The molecule has 6 rings (SSSR count).